The van der Waals surface area contributed by atoms with Crippen molar-refractivity contribution >= 4 is 5.95 Å². The number of nitrogens with one attached hydrogen (secondary N) is 1. The molecule has 1 N–H and O–H groups in total. The summed E-state index contributed by atoms with van der Waals surface area (Å²) in [5.41, 5.74) is 1.01. The standard InChI is InChI=1S/C14H24N4/c1-3-13(18-9-5-4-6-10-18)11-16-14-15-8-7-12(2)17-14/h7-8,13H,3-6,9-11H2,1-2H3,(H,15,16,17). The van der Waals surface area contributed by atoms with E-state index in [2.05, 4.69) is 27.1 Å². The first-order valence-electron chi connectivity index (χ1n) is 7.07. The summed E-state index contributed by atoms with van der Waals surface area (Å²) < 4.78 is 0. The second-order valence-corrected chi connectivity index (χ2v) is 5.06. The van der Waals surface area contributed by atoms with Crippen LogP contribution in [-0.4, -0.2) is 40.5 Å². The Balaban J connectivity index is 1.86. The zero-order valence-electron chi connectivity index (χ0n) is 11.5. The minimum absolute atomic E-state index is 0.606. The SMILES string of the molecule is CCC(CNc1nccc(C)n1)N1CCCCC1. The molecule has 0 bridgehead atoms. The summed E-state index contributed by atoms with van der Waals surface area (Å²) in [7, 11) is 0. The van der Waals surface area contributed by atoms with Crippen LogP contribution in [0.2, 0.25) is 0 Å². The van der Waals surface area contributed by atoms with E-state index in [4.69, 9.17) is 0 Å². The molecule has 1 aromatic heterocycles. The van der Waals surface area contributed by atoms with Crippen LogP contribution in [0.15, 0.2) is 12.3 Å². The van der Waals surface area contributed by atoms with Crippen LogP contribution < -0.4 is 5.32 Å². The first kappa shape index (κ1) is 13.3. The van der Waals surface area contributed by atoms with Crippen LogP contribution in [0, 0.1) is 6.92 Å². The van der Waals surface area contributed by atoms with E-state index in [0.717, 1.165) is 18.2 Å². The van der Waals surface area contributed by atoms with Crippen molar-refractivity contribution in [2.45, 2.75) is 45.6 Å². The van der Waals surface area contributed by atoms with Gasteiger partial charge in [-0.15, -0.1) is 0 Å². The van der Waals surface area contributed by atoms with Gasteiger partial charge in [-0.2, -0.15) is 0 Å². The highest BCUT2D eigenvalue weighted by molar-refractivity contribution is 5.24. The van der Waals surface area contributed by atoms with Gasteiger partial charge in [0.05, 0.1) is 0 Å². The van der Waals surface area contributed by atoms with Crippen LogP contribution in [0.25, 0.3) is 0 Å². The first-order chi connectivity index (χ1) is 8.79. The number of hydrogen-bond acceptors (Lipinski definition) is 4. The van der Waals surface area contributed by atoms with Gasteiger partial charge < -0.3 is 5.32 Å². The van der Waals surface area contributed by atoms with E-state index in [0.29, 0.717) is 6.04 Å². The van der Waals surface area contributed by atoms with Crippen LogP contribution in [0.3, 0.4) is 0 Å². The molecular formula is C14H24N4. The van der Waals surface area contributed by atoms with Gasteiger partial charge in [0, 0.05) is 24.5 Å². The Hall–Kier alpha value is -1.16. The van der Waals surface area contributed by atoms with Gasteiger partial charge in [-0.05, 0) is 45.3 Å². The summed E-state index contributed by atoms with van der Waals surface area (Å²) in [6.45, 7) is 7.69. The minimum Gasteiger partial charge on any atom is -0.353 e. The van der Waals surface area contributed by atoms with Crippen LogP contribution in [-0.2, 0) is 0 Å². The largest absolute Gasteiger partial charge is 0.353 e. The summed E-state index contributed by atoms with van der Waals surface area (Å²) in [4.78, 5) is 11.2. The van der Waals surface area contributed by atoms with Gasteiger partial charge >= 0.3 is 0 Å². The molecule has 0 aromatic carbocycles. The van der Waals surface area contributed by atoms with Crippen molar-refractivity contribution in [3.8, 4) is 0 Å². The number of hydrogen-bond donors (Lipinski definition) is 1. The molecule has 1 unspecified atom stereocenters. The summed E-state index contributed by atoms with van der Waals surface area (Å²) >= 11 is 0. The van der Waals surface area contributed by atoms with Crippen molar-refractivity contribution in [2.24, 2.45) is 0 Å². The average molecular weight is 248 g/mol. The minimum atomic E-state index is 0.606. The van der Waals surface area contributed by atoms with Gasteiger partial charge in [0.25, 0.3) is 0 Å². The van der Waals surface area contributed by atoms with Gasteiger partial charge in [-0.3, -0.25) is 4.90 Å². The van der Waals surface area contributed by atoms with Crippen LogP contribution in [0.1, 0.15) is 38.3 Å². The molecule has 1 aliphatic heterocycles. The lowest BCUT2D eigenvalue weighted by atomic mass is 10.1. The molecule has 1 aromatic rings. The van der Waals surface area contributed by atoms with E-state index in [9.17, 15) is 0 Å². The van der Waals surface area contributed by atoms with Crippen LogP contribution >= 0.6 is 0 Å². The van der Waals surface area contributed by atoms with E-state index < -0.39 is 0 Å². The van der Waals surface area contributed by atoms with E-state index in [1.165, 1.54) is 38.8 Å². The molecule has 100 valence electrons. The molecule has 0 spiro atoms. The highest BCUT2D eigenvalue weighted by atomic mass is 15.2. The van der Waals surface area contributed by atoms with Crippen molar-refractivity contribution in [2.75, 3.05) is 25.0 Å². The predicted molar refractivity (Wildman–Crippen MR) is 74.8 cm³/mol. The van der Waals surface area contributed by atoms with E-state index in [-0.39, 0.29) is 0 Å². The van der Waals surface area contributed by atoms with Crippen molar-refractivity contribution in [1.29, 1.82) is 0 Å². The summed E-state index contributed by atoms with van der Waals surface area (Å²) in [5.74, 6) is 0.755. The van der Waals surface area contributed by atoms with E-state index in [1.807, 2.05) is 19.2 Å². The van der Waals surface area contributed by atoms with Gasteiger partial charge in [0.2, 0.25) is 5.95 Å². The van der Waals surface area contributed by atoms with Gasteiger partial charge in [-0.1, -0.05) is 13.3 Å². The zero-order valence-corrected chi connectivity index (χ0v) is 11.5. The third-order valence-electron chi connectivity index (χ3n) is 3.67. The van der Waals surface area contributed by atoms with E-state index >= 15 is 0 Å². The van der Waals surface area contributed by atoms with Gasteiger partial charge in [0.1, 0.15) is 0 Å². The maximum absolute atomic E-state index is 4.38. The monoisotopic (exact) mass is 248 g/mol. The molecule has 0 aliphatic carbocycles. The fourth-order valence-electron chi connectivity index (χ4n) is 2.56. The number of piperidine rings is 1. The van der Waals surface area contributed by atoms with Gasteiger partial charge in [0.15, 0.2) is 0 Å². The smallest absolute Gasteiger partial charge is 0.222 e. The summed E-state index contributed by atoms with van der Waals surface area (Å²) in [5, 5.41) is 3.37. The number of anilines is 1. The highest BCUT2D eigenvalue weighted by Gasteiger charge is 2.18. The molecule has 1 saturated heterocycles. The topological polar surface area (TPSA) is 41.1 Å². The molecule has 0 radical (unpaired) electrons. The van der Waals surface area contributed by atoms with E-state index in [1.54, 1.807) is 0 Å². The number of aromatic nitrogens is 2. The normalized spacial score (nSPS) is 18.6. The molecule has 18 heavy (non-hydrogen) atoms. The Morgan fingerprint density at radius 1 is 1.33 bits per heavy atom. The van der Waals surface area contributed by atoms with Crippen LogP contribution in [0.5, 0.6) is 0 Å². The predicted octanol–water partition coefficient (Wildman–Crippen LogP) is 2.46. The number of rotatable bonds is 5. The second kappa shape index (κ2) is 6.69. The third-order valence-corrected chi connectivity index (χ3v) is 3.67. The Morgan fingerprint density at radius 2 is 2.11 bits per heavy atom. The Labute approximate surface area is 110 Å². The Bertz CT molecular complexity index is 361. The molecule has 1 fully saturated rings. The van der Waals surface area contributed by atoms with Gasteiger partial charge in [-0.25, -0.2) is 9.97 Å². The third kappa shape index (κ3) is 3.67. The van der Waals surface area contributed by atoms with Crippen molar-refractivity contribution in [1.82, 2.24) is 14.9 Å². The fourth-order valence-corrected chi connectivity index (χ4v) is 2.56. The van der Waals surface area contributed by atoms with Crippen molar-refractivity contribution < 1.29 is 0 Å². The lowest BCUT2D eigenvalue weighted by molar-refractivity contribution is 0.166. The number of aryl methyl sites for hydroxylation is 1. The molecule has 1 aliphatic rings. The first-order valence-corrected chi connectivity index (χ1v) is 7.07. The van der Waals surface area contributed by atoms with Crippen LogP contribution in [0.4, 0.5) is 5.95 Å². The molecule has 2 heterocycles. The Kier molecular flexibility index (Phi) is 4.93. The number of likely N-dealkylation sites (tertiary alicyclic amines) is 1. The number of nitrogens with zero attached hydrogens (tertiary/aromatic N) is 3. The summed E-state index contributed by atoms with van der Waals surface area (Å²) in [6, 6.07) is 2.53. The Morgan fingerprint density at radius 3 is 2.78 bits per heavy atom. The quantitative estimate of drug-likeness (QED) is 0.869. The average Bonchev–Trinajstić information content (AvgIpc) is 2.41. The van der Waals surface area contributed by atoms with Crippen molar-refractivity contribution in [3.05, 3.63) is 18.0 Å². The molecular weight excluding hydrogens is 224 g/mol. The fraction of sp³-hybridized carbons (Fsp3) is 0.714. The lowest BCUT2D eigenvalue weighted by Gasteiger charge is -2.34. The summed E-state index contributed by atoms with van der Waals surface area (Å²) in [6.07, 6.45) is 7.07. The molecule has 0 amide bonds. The molecule has 2 rings (SSSR count). The maximum Gasteiger partial charge on any atom is 0.222 e. The van der Waals surface area contributed by atoms with Crippen molar-refractivity contribution in [3.63, 3.8) is 0 Å². The second-order valence-electron chi connectivity index (χ2n) is 5.06. The molecule has 1 atom stereocenters. The highest BCUT2D eigenvalue weighted by Crippen LogP contribution is 2.14. The maximum atomic E-state index is 4.38. The molecule has 4 nitrogen and oxygen atoms in total. The molecule has 0 saturated carbocycles. The lowest BCUT2D eigenvalue weighted by Crippen LogP contribution is -2.42. The molecule has 4 heteroatoms. The zero-order chi connectivity index (χ0) is 12.8.